The van der Waals surface area contributed by atoms with Gasteiger partial charge in [0.05, 0.1) is 6.10 Å². The van der Waals surface area contributed by atoms with Crippen molar-refractivity contribution < 1.29 is 5.11 Å². The van der Waals surface area contributed by atoms with Crippen molar-refractivity contribution in [2.24, 2.45) is 0 Å². The molecule has 1 unspecified atom stereocenters. The van der Waals surface area contributed by atoms with Gasteiger partial charge in [-0.2, -0.15) is 0 Å². The lowest BCUT2D eigenvalue weighted by Gasteiger charge is -2.06. The van der Waals surface area contributed by atoms with Crippen LogP contribution in [0.5, 0.6) is 0 Å². The van der Waals surface area contributed by atoms with Crippen LogP contribution in [0.15, 0.2) is 27.1 Å². The second-order valence-electron chi connectivity index (χ2n) is 2.34. The first-order valence-electron chi connectivity index (χ1n) is 3.24. The first kappa shape index (κ1) is 9.23. The number of hydrogen-bond acceptors (Lipinski definition) is 1. The zero-order valence-electron chi connectivity index (χ0n) is 6.01. The summed E-state index contributed by atoms with van der Waals surface area (Å²) in [6, 6.07) is 5.72. The maximum atomic E-state index is 9.25. The molecule has 0 spiro atoms. The fourth-order valence-electron chi connectivity index (χ4n) is 0.840. The van der Waals surface area contributed by atoms with E-state index >= 15 is 0 Å². The molecule has 1 N–H and O–H groups in total. The van der Waals surface area contributed by atoms with E-state index in [2.05, 4.69) is 31.9 Å². The van der Waals surface area contributed by atoms with Gasteiger partial charge >= 0.3 is 0 Å². The third kappa shape index (κ3) is 2.29. The Balaban J connectivity index is 3.09. The number of aliphatic hydroxyl groups excluding tert-OH is 1. The van der Waals surface area contributed by atoms with E-state index in [0.29, 0.717) is 0 Å². The van der Waals surface area contributed by atoms with Crippen molar-refractivity contribution in [3.8, 4) is 0 Å². The van der Waals surface area contributed by atoms with E-state index in [1.54, 1.807) is 6.92 Å². The summed E-state index contributed by atoms with van der Waals surface area (Å²) in [6.07, 6.45) is -0.419. The minimum atomic E-state index is -0.419. The topological polar surface area (TPSA) is 20.2 Å². The Kier molecular flexibility index (Phi) is 3.10. The molecule has 3 heteroatoms. The summed E-state index contributed by atoms with van der Waals surface area (Å²) in [6.45, 7) is 1.74. The van der Waals surface area contributed by atoms with Gasteiger partial charge in [-0.25, -0.2) is 0 Å². The fraction of sp³-hybridized carbons (Fsp3) is 0.250. The molecule has 0 heterocycles. The molecule has 0 aliphatic heterocycles. The molecule has 60 valence electrons. The van der Waals surface area contributed by atoms with Gasteiger partial charge in [-0.3, -0.25) is 0 Å². The minimum Gasteiger partial charge on any atom is -0.389 e. The molecule has 1 atom stereocenters. The Morgan fingerprint density at radius 2 is 2.00 bits per heavy atom. The lowest BCUT2D eigenvalue weighted by molar-refractivity contribution is 0.198. The monoisotopic (exact) mass is 278 g/mol. The van der Waals surface area contributed by atoms with Crippen molar-refractivity contribution in [3.63, 3.8) is 0 Å². The van der Waals surface area contributed by atoms with E-state index in [1.807, 2.05) is 18.2 Å². The van der Waals surface area contributed by atoms with E-state index in [0.717, 1.165) is 14.5 Å². The highest BCUT2D eigenvalue weighted by atomic mass is 79.9. The second kappa shape index (κ2) is 3.70. The van der Waals surface area contributed by atoms with E-state index < -0.39 is 6.10 Å². The summed E-state index contributed by atoms with van der Waals surface area (Å²) in [5, 5.41) is 9.25. The van der Waals surface area contributed by atoms with Crippen LogP contribution in [0.3, 0.4) is 0 Å². The third-order valence-corrected chi connectivity index (χ3v) is 2.59. The summed E-state index contributed by atoms with van der Waals surface area (Å²) >= 11 is 6.69. The van der Waals surface area contributed by atoms with Gasteiger partial charge in [0.15, 0.2) is 0 Å². The molecule has 0 aliphatic carbocycles. The Bertz CT molecular complexity index is 258. The third-order valence-electron chi connectivity index (χ3n) is 1.41. The van der Waals surface area contributed by atoms with Crippen LogP contribution in [-0.4, -0.2) is 5.11 Å². The summed E-state index contributed by atoms with van der Waals surface area (Å²) in [4.78, 5) is 0. The Labute approximate surface area is 82.7 Å². The van der Waals surface area contributed by atoms with Gasteiger partial charge in [0.2, 0.25) is 0 Å². The van der Waals surface area contributed by atoms with E-state index in [-0.39, 0.29) is 0 Å². The van der Waals surface area contributed by atoms with Gasteiger partial charge in [-0.15, -0.1) is 0 Å². The number of rotatable bonds is 1. The first-order valence-corrected chi connectivity index (χ1v) is 4.83. The normalized spacial score (nSPS) is 13.1. The van der Waals surface area contributed by atoms with Gasteiger partial charge in [0.1, 0.15) is 0 Å². The lowest BCUT2D eigenvalue weighted by atomic mass is 10.1. The van der Waals surface area contributed by atoms with Gasteiger partial charge < -0.3 is 5.11 Å². The molecule has 0 aliphatic rings. The number of hydrogen-bond donors (Lipinski definition) is 1. The van der Waals surface area contributed by atoms with Gasteiger partial charge in [0, 0.05) is 8.95 Å². The summed E-state index contributed by atoms with van der Waals surface area (Å²) in [5.74, 6) is 0. The molecule has 0 radical (unpaired) electrons. The van der Waals surface area contributed by atoms with Crippen LogP contribution in [0.2, 0.25) is 0 Å². The van der Waals surface area contributed by atoms with E-state index in [4.69, 9.17) is 0 Å². The van der Waals surface area contributed by atoms with Gasteiger partial charge in [0.25, 0.3) is 0 Å². The largest absolute Gasteiger partial charge is 0.389 e. The maximum Gasteiger partial charge on any atom is 0.0772 e. The fourth-order valence-corrected chi connectivity index (χ4v) is 2.22. The zero-order valence-corrected chi connectivity index (χ0v) is 9.18. The van der Waals surface area contributed by atoms with Crippen LogP contribution in [0, 0.1) is 0 Å². The molecule has 1 aromatic rings. The molecule has 0 amide bonds. The first-order chi connectivity index (χ1) is 5.11. The zero-order chi connectivity index (χ0) is 8.43. The lowest BCUT2D eigenvalue weighted by Crippen LogP contribution is -1.91. The molecule has 11 heavy (non-hydrogen) atoms. The van der Waals surface area contributed by atoms with E-state index in [1.165, 1.54) is 0 Å². The highest BCUT2D eigenvalue weighted by Gasteiger charge is 2.04. The summed E-state index contributed by atoms with van der Waals surface area (Å²) < 4.78 is 1.94. The number of aliphatic hydroxyl groups is 1. The molecule has 0 fully saturated rings. The molecule has 1 aromatic carbocycles. The minimum absolute atomic E-state index is 0.419. The molecule has 0 bridgehead atoms. The number of benzene rings is 1. The predicted octanol–water partition coefficient (Wildman–Crippen LogP) is 3.26. The van der Waals surface area contributed by atoms with E-state index in [9.17, 15) is 5.11 Å². The van der Waals surface area contributed by atoms with Crippen molar-refractivity contribution in [1.82, 2.24) is 0 Å². The van der Waals surface area contributed by atoms with Crippen LogP contribution < -0.4 is 0 Å². The molecular weight excluding hydrogens is 272 g/mol. The number of halogens is 2. The molecule has 1 nitrogen and oxygen atoms in total. The molecule has 0 saturated carbocycles. The molecular formula is C8H8Br2O. The maximum absolute atomic E-state index is 9.25. The quantitative estimate of drug-likeness (QED) is 0.837. The van der Waals surface area contributed by atoms with Crippen LogP contribution in [0.25, 0.3) is 0 Å². The van der Waals surface area contributed by atoms with Crippen LogP contribution in [0.4, 0.5) is 0 Å². The van der Waals surface area contributed by atoms with Crippen LogP contribution in [0.1, 0.15) is 18.6 Å². The molecule has 0 saturated heterocycles. The summed E-state index contributed by atoms with van der Waals surface area (Å²) in [7, 11) is 0. The average molecular weight is 280 g/mol. The van der Waals surface area contributed by atoms with Crippen molar-refractivity contribution in [2.75, 3.05) is 0 Å². The predicted molar refractivity (Wildman–Crippen MR) is 52.5 cm³/mol. The van der Waals surface area contributed by atoms with Gasteiger partial charge in [-0.05, 0) is 24.6 Å². The van der Waals surface area contributed by atoms with Crippen molar-refractivity contribution in [2.45, 2.75) is 13.0 Å². The summed E-state index contributed by atoms with van der Waals surface area (Å²) in [5.41, 5.74) is 0.910. The van der Waals surface area contributed by atoms with Crippen LogP contribution in [-0.2, 0) is 0 Å². The SMILES string of the molecule is CC(O)c1ccc(Br)cc1Br. The van der Waals surface area contributed by atoms with Crippen molar-refractivity contribution >= 4 is 31.9 Å². The Morgan fingerprint density at radius 1 is 1.36 bits per heavy atom. The second-order valence-corrected chi connectivity index (χ2v) is 4.11. The highest BCUT2D eigenvalue weighted by Crippen LogP contribution is 2.26. The Morgan fingerprint density at radius 3 is 2.45 bits per heavy atom. The van der Waals surface area contributed by atoms with Crippen molar-refractivity contribution in [3.05, 3.63) is 32.7 Å². The van der Waals surface area contributed by atoms with Crippen LogP contribution >= 0.6 is 31.9 Å². The Hall–Kier alpha value is 0.140. The van der Waals surface area contributed by atoms with Gasteiger partial charge in [-0.1, -0.05) is 37.9 Å². The molecule has 1 rings (SSSR count). The molecule has 0 aromatic heterocycles. The standard InChI is InChI=1S/C8H8Br2O/c1-5(11)7-3-2-6(9)4-8(7)10/h2-5,11H,1H3. The van der Waals surface area contributed by atoms with Crippen molar-refractivity contribution in [1.29, 1.82) is 0 Å². The average Bonchev–Trinajstić information content (AvgIpc) is 1.85. The highest BCUT2D eigenvalue weighted by molar-refractivity contribution is 9.11. The smallest absolute Gasteiger partial charge is 0.0772 e.